The Bertz CT molecular complexity index is 673. The third-order valence-electron chi connectivity index (χ3n) is 3.13. The van der Waals surface area contributed by atoms with E-state index >= 15 is 0 Å². The Hall–Kier alpha value is -2.69. The molecule has 0 aliphatic rings. The monoisotopic (exact) mass is 265 g/mol. The maximum Gasteiger partial charge on any atom is 0.126 e. The number of nitrogens with one attached hydrogen (secondary N) is 1. The van der Waals surface area contributed by atoms with E-state index in [1.165, 1.54) is 5.56 Å². The van der Waals surface area contributed by atoms with E-state index in [9.17, 15) is 0 Å². The summed E-state index contributed by atoms with van der Waals surface area (Å²) < 4.78 is 1.74. The first kappa shape index (κ1) is 12.3. The summed E-state index contributed by atoms with van der Waals surface area (Å²) >= 11 is 0. The highest BCUT2D eigenvalue weighted by atomic mass is 15.4. The average molecular weight is 265 g/mol. The van der Waals surface area contributed by atoms with Gasteiger partial charge in [-0.3, -0.25) is 4.68 Å². The van der Waals surface area contributed by atoms with Crippen molar-refractivity contribution in [3.8, 4) is 11.1 Å². The molecule has 3 aromatic rings. The van der Waals surface area contributed by atoms with Crippen molar-refractivity contribution in [2.24, 2.45) is 7.05 Å². The Morgan fingerprint density at radius 3 is 2.50 bits per heavy atom. The molecule has 0 aliphatic carbocycles. The molecule has 1 aromatic carbocycles. The van der Waals surface area contributed by atoms with Crippen LogP contribution in [0.2, 0.25) is 0 Å². The van der Waals surface area contributed by atoms with Crippen molar-refractivity contribution >= 4 is 5.82 Å². The lowest BCUT2D eigenvalue weighted by molar-refractivity contribution is 0.683. The predicted molar refractivity (Wildman–Crippen MR) is 78.0 cm³/mol. The molecule has 5 heteroatoms. The first-order valence-corrected chi connectivity index (χ1v) is 6.42. The van der Waals surface area contributed by atoms with Crippen LogP contribution in [0.1, 0.15) is 5.69 Å². The molecule has 0 saturated heterocycles. The van der Waals surface area contributed by atoms with Gasteiger partial charge in [-0.25, -0.2) is 4.98 Å². The van der Waals surface area contributed by atoms with E-state index < -0.39 is 0 Å². The van der Waals surface area contributed by atoms with Gasteiger partial charge in [-0.2, -0.15) is 0 Å². The summed E-state index contributed by atoms with van der Waals surface area (Å²) in [7, 11) is 1.87. The van der Waals surface area contributed by atoms with Crippen LogP contribution in [0, 0.1) is 0 Å². The molecule has 0 amide bonds. The second-order valence-corrected chi connectivity index (χ2v) is 4.50. The summed E-state index contributed by atoms with van der Waals surface area (Å²) in [5.41, 5.74) is 3.29. The minimum atomic E-state index is 0.654. The third-order valence-corrected chi connectivity index (χ3v) is 3.13. The summed E-state index contributed by atoms with van der Waals surface area (Å²) in [6, 6.07) is 14.2. The molecule has 0 spiro atoms. The molecule has 0 fully saturated rings. The lowest BCUT2D eigenvalue weighted by Gasteiger charge is -2.06. The zero-order chi connectivity index (χ0) is 13.8. The first-order valence-electron chi connectivity index (χ1n) is 6.42. The van der Waals surface area contributed by atoms with Crippen molar-refractivity contribution < 1.29 is 0 Å². The molecule has 1 N–H and O–H groups in total. The standard InChI is InChI=1S/C15H15N5/c1-20-14(11-18-19-20)10-17-15-8-7-13(9-16-15)12-5-3-2-4-6-12/h2-9,11H,10H2,1H3,(H,16,17). The number of hydrogen-bond acceptors (Lipinski definition) is 4. The molecule has 3 rings (SSSR count). The zero-order valence-corrected chi connectivity index (χ0v) is 11.2. The first-order chi connectivity index (χ1) is 9.83. The quantitative estimate of drug-likeness (QED) is 0.787. The molecule has 0 radical (unpaired) electrons. The predicted octanol–water partition coefficient (Wildman–Crippen LogP) is 2.49. The molecule has 100 valence electrons. The second-order valence-electron chi connectivity index (χ2n) is 4.50. The number of pyridine rings is 1. The van der Waals surface area contributed by atoms with Crippen molar-refractivity contribution in [3.05, 3.63) is 60.6 Å². The molecule has 0 aliphatic heterocycles. The Morgan fingerprint density at radius 2 is 1.85 bits per heavy atom. The van der Waals surface area contributed by atoms with E-state index in [1.54, 1.807) is 10.9 Å². The highest BCUT2D eigenvalue weighted by Crippen LogP contribution is 2.19. The second kappa shape index (κ2) is 5.52. The van der Waals surface area contributed by atoms with Gasteiger partial charge in [0.15, 0.2) is 0 Å². The van der Waals surface area contributed by atoms with Crippen LogP contribution >= 0.6 is 0 Å². The highest BCUT2D eigenvalue weighted by Gasteiger charge is 2.01. The summed E-state index contributed by atoms with van der Waals surface area (Å²) in [5, 5.41) is 11.0. The van der Waals surface area contributed by atoms with Gasteiger partial charge in [0.1, 0.15) is 5.82 Å². The van der Waals surface area contributed by atoms with Crippen LogP contribution in [-0.2, 0) is 13.6 Å². The number of hydrogen-bond donors (Lipinski definition) is 1. The van der Waals surface area contributed by atoms with Gasteiger partial charge in [-0.15, -0.1) is 5.10 Å². The van der Waals surface area contributed by atoms with Gasteiger partial charge in [-0.1, -0.05) is 35.5 Å². The minimum absolute atomic E-state index is 0.654. The fourth-order valence-electron chi connectivity index (χ4n) is 1.95. The van der Waals surface area contributed by atoms with E-state index in [0.717, 1.165) is 17.1 Å². The number of nitrogens with zero attached hydrogens (tertiary/aromatic N) is 4. The Labute approximate surface area is 117 Å². The molecule has 2 heterocycles. The number of benzene rings is 1. The van der Waals surface area contributed by atoms with Gasteiger partial charge in [0.05, 0.1) is 18.4 Å². The van der Waals surface area contributed by atoms with E-state index in [1.807, 2.05) is 37.5 Å². The van der Waals surface area contributed by atoms with Gasteiger partial charge in [-0.05, 0) is 17.7 Å². The lowest BCUT2D eigenvalue weighted by atomic mass is 10.1. The van der Waals surface area contributed by atoms with Gasteiger partial charge in [0.2, 0.25) is 0 Å². The molecular weight excluding hydrogens is 250 g/mol. The SMILES string of the molecule is Cn1nncc1CNc1ccc(-c2ccccc2)cn1. The van der Waals surface area contributed by atoms with Crippen LogP contribution in [0.5, 0.6) is 0 Å². The van der Waals surface area contributed by atoms with E-state index in [2.05, 4.69) is 38.8 Å². The minimum Gasteiger partial charge on any atom is -0.364 e. The molecule has 2 aromatic heterocycles. The van der Waals surface area contributed by atoms with Crippen molar-refractivity contribution in [2.75, 3.05) is 5.32 Å². The molecule has 20 heavy (non-hydrogen) atoms. The van der Waals surface area contributed by atoms with E-state index in [-0.39, 0.29) is 0 Å². The molecule has 0 unspecified atom stereocenters. The fourth-order valence-corrected chi connectivity index (χ4v) is 1.95. The number of rotatable bonds is 4. The fraction of sp³-hybridized carbons (Fsp3) is 0.133. The molecule has 0 saturated carbocycles. The van der Waals surface area contributed by atoms with Gasteiger partial charge >= 0.3 is 0 Å². The van der Waals surface area contributed by atoms with E-state index in [4.69, 9.17) is 0 Å². The average Bonchev–Trinajstić information content (AvgIpc) is 2.92. The maximum atomic E-state index is 4.42. The summed E-state index contributed by atoms with van der Waals surface area (Å²) in [6.07, 6.45) is 3.62. The normalized spacial score (nSPS) is 10.4. The van der Waals surface area contributed by atoms with Crippen molar-refractivity contribution in [1.82, 2.24) is 20.0 Å². The van der Waals surface area contributed by atoms with Crippen LogP contribution in [0.3, 0.4) is 0 Å². The van der Waals surface area contributed by atoms with Gasteiger partial charge in [0, 0.05) is 18.8 Å². The van der Waals surface area contributed by atoms with Crippen molar-refractivity contribution in [3.63, 3.8) is 0 Å². The molecule has 5 nitrogen and oxygen atoms in total. The molecular formula is C15H15N5. The van der Waals surface area contributed by atoms with Crippen LogP contribution in [0.4, 0.5) is 5.82 Å². The van der Waals surface area contributed by atoms with Crippen molar-refractivity contribution in [1.29, 1.82) is 0 Å². The topological polar surface area (TPSA) is 55.6 Å². The summed E-state index contributed by atoms with van der Waals surface area (Å²) in [6.45, 7) is 0.654. The Morgan fingerprint density at radius 1 is 1.00 bits per heavy atom. The smallest absolute Gasteiger partial charge is 0.126 e. The zero-order valence-electron chi connectivity index (χ0n) is 11.2. The van der Waals surface area contributed by atoms with Gasteiger partial charge < -0.3 is 5.32 Å². The maximum absolute atomic E-state index is 4.42. The van der Waals surface area contributed by atoms with Crippen LogP contribution in [-0.4, -0.2) is 20.0 Å². The third kappa shape index (κ3) is 2.66. The van der Waals surface area contributed by atoms with Crippen LogP contribution in [0.25, 0.3) is 11.1 Å². The largest absolute Gasteiger partial charge is 0.364 e. The molecule has 0 atom stereocenters. The van der Waals surface area contributed by atoms with Crippen molar-refractivity contribution in [2.45, 2.75) is 6.54 Å². The Kier molecular flexibility index (Phi) is 3.41. The van der Waals surface area contributed by atoms with Gasteiger partial charge in [0.25, 0.3) is 0 Å². The summed E-state index contributed by atoms with van der Waals surface area (Å²) in [5.74, 6) is 0.839. The van der Waals surface area contributed by atoms with E-state index in [0.29, 0.717) is 6.54 Å². The van der Waals surface area contributed by atoms with Crippen LogP contribution in [0.15, 0.2) is 54.9 Å². The highest BCUT2D eigenvalue weighted by molar-refractivity contribution is 5.63. The molecule has 0 bridgehead atoms. The lowest BCUT2D eigenvalue weighted by Crippen LogP contribution is -2.06. The number of anilines is 1. The number of aromatic nitrogens is 4. The van der Waals surface area contributed by atoms with Crippen LogP contribution < -0.4 is 5.32 Å². The summed E-state index contributed by atoms with van der Waals surface area (Å²) in [4.78, 5) is 4.42. The number of aryl methyl sites for hydroxylation is 1. The Balaban J connectivity index is 1.69.